The number of nitrogens with zero attached hydrogens (tertiary/aromatic N) is 2. The molecule has 0 unspecified atom stereocenters. The number of benzene rings is 1. The summed E-state index contributed by atoms with van der Waals surface area (Å²) in [6.45, 7) is 0. The minimum Gasteiger partial charge on any atom is -0.384 e. The minimum absolute atomic E-state index is 0.00646. The zero-order valence-corrected chi connectivity index (χ0v) is 8.93. The van der Waals surface area contributed by atoms with Gasteiger partial charge in [0.05, 0.1) is 17.8 Å². The van der Waals surface area contributed by atoms with Gasteiger partial charge in [-0.3, -0.25) is 4.79 Å². The molecule has 5 nitrogen and oxygen atoms in total. The lowest BCUT2D eigenvalue weighted by atomic mass is 10.3. The minimum atomic E-state index is -0.492. The third kappa shape index (κ3) is 2.41. The van der Waals surface area contributed by atoms with Crippen LogP contribution in [0, 0.1) is 5.82 Å². The van der Waals surface area contributed by atoms with Crippen molar-refractivity contribution < 1.29 is 9.18 Å². The van der Waals surface area contributed by atoms with Gasteiger partial charge in [0.15, 0.2) is 0 Å². The number of nitrogen functional groups attached to an aromatic ring is 1. The van der Waals surface area contributed by atoms with Gasteiger partial charge in [-0.2, -0.15) is 5.10 Å². The fourth-order valence-corrected chi connectivity index (χ4v) is 1.53. The second-order valence-corrected chi connectivity index (χ2v) is 3.60. The van der Waals surface area contributed by atoms with Crippen LogP contribution in [0.25, 0.3) is 5.69 Å². The van der Waals surface area contributed by atoms with E-state index < -0.39 is 5.91 Å². The van der Waals surface area contributed by atoms with Gasteiger partial charge in [0.1, 0.15) is 11.6 Å². The molecule has 0 aliphatic rings. The molecule has 4 N–H and O–H groups in total. The lowest BCUT2D eigenvalue weighted by Crippen LogP contribution is -2.14. The van der Waals surface area contributed by atoms with Crippen molar-refractivity contribution in [1.29, 1.82) is 0 Å². The SMILES string of the molecule is NC(=O)Cc1cc(N)n(-c2cccc(F)c2)n1. The first kappa shape index (κ1) is 11.1. The van der Waals surface area contributed by atoms with E-state index in [0.717, 1.165) is 0 Å². The van der Waals surface area contributed by atoms with Gasteiger partial charge < -0.3 is 11.5 Å². The highest BCUT2D eigenvalue weighted by Crippen LogP contribution is 2.15. The van der Waals surface area contributed by atoms with E-state index in [1.165, 1.54) is 22.9 Å². The maximum Gasteiger partial charge on any atom is 0.223 e. The fourth-order valence-electron chi connectivity index (χ4n) is 1.53. The van der Waals surface area contributed by atoms with Crippen LogP contribution in [-0.2, 0) is 11.2 Å². The zero-order chi connectivity index (χ0) is 12.4. The summed E-state index contributed by atoms with van der Waals surface area (Å²) in [7, 11) is 0. The molecule has 1 heterocycles. The molecule has 1 aromatic carbocycles. The summed E-state index contributed by atoms with van der Waals surface area (Å²) < 4.78 is 14.4. The molecular weight excluding hydrogens is 223 g/mol. The largest absolute Gasteiger partial charge is 0.384 e. The Morgan fingerprint density at radius 2 is 2.18 bits per heavy atom. The predicted molar refractivity (Wildman–Crippen MR) is 60.8 cm³/mol. The summed E-state index contributed by atoms with van der Waals surface area (Å²) in [6.07, 6.45) is 0.00646. The Morgan fingerprint density at radius 3 is 2.82 bits per heavy atom. The third-order valence-electron chi connectivity index (χ3n) is 2.20. The lowest BCUT2D eigenvalue weighted by molar-refractivity contribution is -0.117. The van der Waals surface area contributed by atoms with Crippen molar-refractivity contribution in [2.45, 2.75) is 6.42 Å². The average Bonchev–Trinajstić information content (AvgIpc) is 2.58. The number of halogens is 1. The fraction of sp³-hybridized carbons (Fsp3) is 0.0909. The van der Waals surface area contributed by atoms with E-state index in [-0.39, 0.29) is 12.2 Å². The van der Waals surface area contributed by atoms with Gasteiger partial charge >= 0.3 is 0 Å². The van der Waals surface area contributed by atoms with Crippen LogP contribution >= 0.6 is 0 Å². The van der Waals surface area contributed by atoms with Crippen molar-refractivity contribution in [3.8, 4) is 5.69 Å². The Labute approximate surface area is 96.8 Å². The molecule has 0 aliphatic heterocycles. The summed E-state index contributed by atoms with van der Waals surface area (Å²) in [5, 5.41) is 4.09. The monoisotopic (exact) mass is 234 g/mol. The molecule has 0 radical (unpaired) electrons. The maximum atomic E-state index is 13.0. The van der Waals surface area contributed by atoms with E-state index in [4.69, 9.17) is 11.5 Å². The predicted octanol–water partition coefficient (Wildman–Crippen LogP) is 0.621. The summed E-state index contributed by atoms with van der Waals surface area (Å²) >= 11 is 0. The molecule has 17 heavy (non-hydrogen) atoms. The zero-order valence-electron chi connectivity index (χ0n) is 8.93. The van der Waals surface area contributed by atoms with Gasteiger partial charge in [-0.25, -0.2) is 9.07 Å². The van der Waals surface area contributed by atoms with Crippen molar-refractivity contribution in [3.63, 3.8) is 0 Å². The highest BCUT2D eigenvalue weighted by molar-refractivity contribution is 5.76. The number of nitrogens with two attached hydrogens (primary N) is 2. The average molecular weight is 234 g/mol. The number of primary amides is 1. The van der Waals surface area contributed by atoms with Crippen LogP contribution in [0.5, 0.6) is 0 Å². The van der Waals surface area contributed by atoms with Gasteiger partial charge in [-0.15, -0.1) is 0 Å². The van der Waals surface area contributed by atoms with Crippen molar-refractivity contribution in [3.05, 3.63) is 41.8 Å². The molecule has 2 aromatic rings. The Kier molecular flexibility index (Phi) is 2.78. The van der Waals surface area contributed by atoms with Crippen LogP contribution in [0.2, 0.25) is 0 Å². The van der Waals surface area contributed by atoms with Crippen LogP contribution < -0.4 is 11.5 Å². The smallest absolute Gasteiger partial charge is 0.223 e. The van der Waals surface area contributed by atoms with Crippen molar-refractivity contribution in [2.24, 2.45) is 5.73 Å². The Balaban J connectivity index is 2.39. The van der Waals surface area contributed by atoms with E-state index in [1.807, 2.05) is 0 Å². The summed E-state index contributed by atoms with van der Waals surface area (Å²) in [4.78, 5) is 10.8. The first-order valence-electron chi connectivity index (χ1n) is 4.95. The van der Waals surface area contributed by atoms with Gasteiger partial charge in [-0.1, -0.05) is 6.07 Å². The second-order valence-electron chi connectivity index (χ2n) is 3.60. The van der Waals surface area contributed by atoms with Gasteiger partial charge in [0.2, 0.25) is 5.91 Å². The summed E-state index contributed by atoms with van der Waals surface area (Å²) in [5.74, 6) is -0.547. The first-order valence-corrected chi connectivity index (χ1v) is 4.95. The number of hydrogen-bond acceptors (Lipinski definition) is 3. The molecule has 0 saturated heterocycles. The van der Waals surface area contributed by atoms with Gasteiger partial charge in [0.25, 0.3) is 0 Å². The highest BCUT2D eigenvalue weighted by atomic mass is 19.1. The number of rotatable bonds is 3. The van der Waals surface area contributed by atoms with Gasteiger partial charge in [-0.05, 0) is 18.2 Å². The number of amides is 1. The number of aromatic nitrogens is 2. The quantitative estimate of drug-likeness (QED) is 0.816. The van der Waals surface area contributed by atoms with Crippen LogP contribution in [0.3, 0.4) is 0 Å². The molecule has 0 fully saturated rings. The van der Waals surface area contributed by atoms with Crippen molar-refractivity contribution in [2.75, 3.05) is 5.73 Å². The molecule has 0 aliphatic carbocycles. The topological polar surface area (TPSA) is 86.9 Å². The summed E-state index contributed by atoms with van der Waals surface area (Å²) in [6, 6.07) is 7.39. The van der Waals surface area contributed by atoms with E-state index in [1.54, 1.807) is 12.1 Å². The molecule has 6 heteroatoms. The van der Waals surface area contributed by atoms with E-state index in [2.05, 4.69) is 5.10 Å². The second kappa shape index (κ2) is 4.25. The molecule has 88 valence electrons. The molecule has 0 spiro atoms. The van der Waals surface area contributed by atoms with E-state index in [9.17, 15) is 9.18 Å². The molecule has 0 atom stereocenters. The maximum absolute atomic E-state index is 13.0. The molecule has 0 saturated carbocycles. The molecule has 1 aromatic heterocycles. The molecule has 2 rings (SSSR count). The molecular formula is C11H11FN4O. The Hall–Kier alpha value is -2.37. The number of carbonyl (C=O) groups is 1. The third-order valence-corrected chi connectivity index (χ3v) is 2.20. The van der Waals surface area contributed by atoms with Crippen LogP contribution in [0.15, 0.2) is 30.3 Å². The first-order chi connectivity index (χ1) is 8.06. The standard InChI is InChI=1S/C11H11FN4O/c12-7-2-1-3-9(4-7)16-10(13)5-8(15-16)6-11(14)17/h1-5H,6,13H2,(H2,14,17). The van der Waals surface area contributed by atoms with E-state index in [0.29, 0.717) is 17.2 Å². The van der Waals surface area contributed by atoms with Crippen LogP contribution in [0.1, 0.15) is 5.69 Å². The van der Waals surface area contributed by atoms with E-state index >= 15 is 0 Å². The van der Waals surface area contributed by atoms with Crippen LogP contribution in [0.4, 0.5) is 10.2 Å². The molecule has 1 amide bonds. The normalized spacial score (nSPS) is 10.4. The van der Waals surface area contributed by atoms with Gasteiger partial charge in [0, 0.05) is 6.07 Å². The summed E-state index contributed by atoms with van der Waals surface area (Å²) in [5.41, 5.74) is 11.7. The lowest BCUT2D eigenvalue weighted by Gasteiger charge is -2.03. The Morgan fingerprint density at radius 1 is 1.41 bits per heavy atom. The number of carbonyl (C=O) groups excluding carboxylic acids is 1. The number of hydrogen-bond donors (Lipinski definition) is 2. The van der Waals surface area contributed by atoms with Crippen molar-refractivity contribution in [1.82, 2.24) is 9.78 Å². The Bertz CT molecular complexity index is 564. The highest BCUT2D eigenvalue weighted by Gasteiger charge is 2.09. The van der Waals surface area contributed by atoms with Crippen molar-refractivity contribution >= 4 is 11.7 Å². The van der Waals surface area contributed by atoms with Crippen LogP contribution in [-0.4, -0.2) is 15.7 Å². The molecule has 0 bridgehead atoms. The number of anilines is 1.